The van der Waals surface area contributed by atoms with Gasteiger partial charge in [0.15, 0.2) is 0 Å². The first-order chi connectivity index (χ1) is 8.02. The molecule has 0 bridgehead atoms. The molecule has 1 atom stereocenters. The molecule has 1 amide bonds. The molecule has 0 heterocycles. The summed E-state index contributed by atoms with van der Waals surface area (Å²) in [6, 6.07) is 2.33. The molecule has 1 unspecified atom stereocenters. The van der Waals surface area contributed by atoms with Crippen LogP contribution in [0.25, 0.3) is 0 Å². The number of carbonyl (C=O) groups excluding carboxylic acids is 1. The number of hydrogen-bond acceptors (Lipinski definition) is 2. The standard InChI is InChI=1S/C12H12F2N2O/c1-3-4-15-12(17)8(2)16-11-6-9(13)5-10(14)7-11/h1,5-8,16H,4H2,2H3,(H,15,17). The van der Waals surface area contributed by atoms with Crippen molar-refractivity contribution in [2.75, 3.05) is 11.9 Å². The monoisotopic (exact) mass is 238 g/mol. The first-order valence-electron chi connectivity index (χ1n) is 4.96. The first kappa shape index (κ1) is 13.0. The third kappa shape index (κ3) is 4.11. The molecule has 0 aromatic heterocycles. The van der Waals surface area contributed by atoms with Gasteiger partial charge in [0.2, 0.25) is 5.91 Å². The van der Waals surface area contributed by atoms with Gasteiger partial charge >= 0.3 is 0 Å². The summed E-state index contributed by atoms with van der Waals surface area (Å²) in [6.45, 7) is 1.68. The van der Waals surface area contributed by atoms with E-state index in [2.05, 4.69) is 16.6 Å². The van der Waals surface area contributed by atoms with Crippen LogP contribution in [-0.2, 0) is 4.79 Å². The van der Waals surface area contributed by atoms with Gasteiger partial charge in [0.25, 0.3) is 0 Å². The molecule has 0 radical (unpaired) electrons. The van der Waals surface area contributed by atoms with Crippen molar-refractivity contribution >= 4 is 11.6 Å². The number of terminal acetylenes is 1. The fraction of sp³-hybridized carbons (Fsp3) is 0.250. The average Bonchev–Trinajstić information content (AvgIpc) is 2.24. The highest BCUT2D eigenvalue weighted by atomic mass is 19.1. The van der Waals surface area contributed by atoms with Crippen LogP contribution >= 0.6 is 0 Å². The van der Waals surface area contributed by atoms with Crippen molar-refractivity contribution in [3.05, 3.63) is 29.8 Å². The largest absolute Gasteiger partial charge is 0.374 e. The van der Waals surface area contributed by atoms with Crippen molar-refractivity contribution in [3.63, 3.8) is 0 Å². The highest BCUT2D eigenvalue weighted by Crippen LogP contribution is 2.13. The molecule has 2 N–H and O–H groups in total. The zero-order valence-electron chi connectivity index (χ0n) is 9.26. The van der Waals surface area contributed by atoms with Gasteiger partial charge < -0.3 is 10.6 Å². The lowest BCUT2D eigenvalue weighted by molar-refractivity contribution is -0.121. The van der Waals surface area contributed by atoms with Crippen molar-refractivity contribution in [3.8, 4) is 12.3 Å². The summed E-state index contributed by atoms with van der Waals surface area (Å²) in [5.74, 6) is 0.506. The zero-order chi connectivity index (χ0) is 12.8. The summed E-state index contributed by atoms with van der Waals surface area (Å²) in [6.07, 6.45) is 4.98. The fourth-order valence-corrected chi connectivity index (χ4v) is 1.24. The summed E-state index contributed by atoms with van der Waals surface area (Å²) in [7, 11) is 0. The van der Waals surface area contributed by atoms with E-state index in [0.29, 0.717) is 0 Å². The molecule has 90 valence electrons. The summed E-state index contributed by atoms with van der Waals surface area (Å²) in [4.78, 5) is 11.4. The van der Waals surface area contributed by atoms with E-state index in [1.807, 2.05) is 0 Å². The smallest absolute Gasteiger partial charge is 0.242 e. The molecule has 17 heavy (non-hydrogen) atoms. The van der Waals surface area contributed by atoms with Crippen LogP contribution in [0.4, 0.5) is 14.5 Å². The van der Waals surface area contributed by atoms with Crippen molar-refractivity contribution in [2.24, 2.45) is 0 Å². The molecule has 1 aromatic rings. The van der Waals surface area contributed by atoms with E-state index in [1.54, 1.807) is 6.92 Å². The summed E-state index contributed by atoms with van der Waals surface area (Å²) < 4.78 is 25.8. The zero-order valence-corrected chi connectivity index (χ0v) is 9.26. The Morgan fingerprint density at radius 3 is 2.53 bits per heavy atom. The molecule has 0 spiro atoms. The maximum absolute atomic E-state index is 12.9. The van der Waals surface area contributed by atoms with E-state index in [4.69, 9.17) is 6.42 Å². The molecule has 0 fully saturated rings. The second-order valence-electron chi connectivity index (χ2n) is 3.45. The number of anilines is 1. The second kappa shape index (κ2) is 5.85. The Bertz CT molecular complexity index is 434. The van der Waals surface area contributed by atoms with Gasteiger partial charge in [-0.15, -0.1) is 6.42 Å². The second-order valence-corrected chi connectivity index (χ2v) is 3.45. The van der Waals surface area contributed by atoms with Crippen molar-refractivity contribution in [2.45, 2.75) is 13.0 Å². The molecule has 0 aliphatic heterocycles. The summed E-state index contributed by atoms with van der Waals surface area (Å²) in [5, 5.41) is 5.13. The molecule has 0 aliphatic carbocycles. The summed E-state index contributed by atoms with van der Waals surface area (Å²) in [5.41, 5.74) is 0.200. The van der Waals surface area contributed by atoms with E-state index in [9.17, 15) is 13.6 Å². The Morgan fingerprint density at radius 1 is 1.41 bits per heavy atom. The molecule has 1 aromatic carbocycles. The van der Waals surface area contributed by atoms with Crippen LogP contribution in [0.3, 0.4) is 0 Å². The van der Waals surface area contributed by atoms with Crippen LogP contribution in [0.5, 0.6) is 0 Å². The van der Waals surface area contributed by atoms with E-state index in [0.717, 1.165) is 18.2 Å². The topological polar surface area (TPSA) is 41.1 Å². The molecular weight excluding hydrogens is 226 g/mol. The van der Waals surface area contributed by atoms with Gasteiger partial charge in [-0.05, 0) is 19.1 Å². The van der Waals surface area contributed by atoms with Crippen LogP contribution in [0, 0.1) is 24.0 Å². The maximum Gasteiger partial charge on any atom is 0.242 e. The lowest BCUT2D eigenvalue weighted by Gasteiger charge is -2.14. The van der Waals surface area contributed by atoms with Crippen LogP contribution in [-0.4, -0.2) is 18.5 Å². The number of carbonyl (C=O) groups is 1. The number of amides is 1. The molecule has 0 saturated heterocycles. The molecule has 5 heteroatoms. The van der Waals surface area contributed by atoms with Crippen molar-refractivity contribution in [1.29, 1.82) is 0 Å². The first-order valence-corrected chi connectivity index (χ1v) is 4.96. The predicted molar refractivity (Wildman–Crippen MR) is 61.3 cm³/mol. The Labute approximate surface area is 98.2 Å². The van der Waals surface area contributed by atoms with Crippen LogP contribution < -0.4 is 10.6 Å². The van der Waals surface area contributed by atoms with E-state index < -0.39 is 17.7 Å². The number of nitrogens with one attached hydrogen (secondary N) is 2. The SMILES string of the molecule is C#CCNC(=O)C(C)Nc1cc(F)cc(F)c1. The fourth-order valence-electron chi connectivity index (χ4n) is 1.24. The van der Waals surface area contributed by atoms with Gasteiger partial charge in [-0.1, -0.05) is 5.92 Å². The number of benzene rings is 1. The molecule has 3 nitrogen and oxygen atoms in total. The van der Waals surface area contributed by atoms with Crippen LogP contribution in [0.1, 0.15) is 6.92 Å². The Hall–Kier alpha value is -2.09. The van der Waals surface area contributed by atoms with Gasteiger partial charge in [-0.25, -0.2) is 8.78 Å². The van der Waals surface area contributed by atoms with Crippen LogP contribution in [0.15, 0.2) is 18.2 Å². The lowest BCUT2D eigenvalue weighted by atomic mass is 10.2. The minimum Gasteiger partial charge on any atom is -0.374 e. The minimum absolute atomic E-state index is 0.113. The van der Waals surface area contributed by atoms with Crippen LogP contribution in [0.2, 0.25) is 0 Å². The van der Waals surface area contributed by atoms with Crippen molar-refractivity contribution < 1.29 is 13.6 Å². The quantitative estimate of drug-likeness (QED) is 0.781. The highest BCUT2D eigenvalue weighted by molar-refractivity contribution is 5.84. The third-order valence-corrected chi connectivity index (χ3v) is 2.00. The van der Waals surface area contributed by atoms with Gasteiger partial charge in [-0.2, -0.15) is 0 Å². The van der Waals surface area contributed by atoms with E-state index >= 15 is 0 Å². The minimum atomic E-state index is -0.705. The van der Waals surface area contributed by atoms with E-state index in [-0.39, 0.29) is 18.1 Å². The lowest BCUT2D eigenvalue weighted by Crippen LogP contribution is -2.37. The van der Waals surface area contributed by atoms with Gasteiger partial charge in [0.1, 0.15) is 17.7 Å². The third-order valence-electron chi connectivity index (χ3n) is 2.00. The number of rotatable bonds is 4. The van der Waals surface area contributed by atoms with Gasteiger partial charge in [0.05, 0.1) is 6.54 Å². The van der Waals surface area contributed by atoms with Crippen molar-refractivity contribution in [1.82, 2.24) is 5.32 Å². The van der Waals surface area contributed by atoms with Gasteiger partial charge in [0, 0.05) is 11.8 Å². The molecule has 0 saturated carbocycles. The average molecular weight is 238 g/mol. The number of hydrogen-bond donors (Lipinski definition) is 2. The Kier molecular flexibility index (Phi) is 4.46. The van der Waals surface area contributed by atoms with E-state index in [1.165, 1.54) is 0 Å². The molecular formula is C12H12F2N2O. The number of halogens is 2. The molecule has 0 aliphatic rings. The highest BCUT2D eigenvalue weighted by Gasteiger charge is 2.12. The molecule has 1 rings (SSSR count). The maximum atomic E-state index is 12.9. The normalized spacial score (nSPS) is 11.4. The van der Waals surface area contributed by atoms with Gasteiger partial charge in [-0.3, -0.25) is 4.79 Å². The summed E-state index contributed by atoms with van der Waals surface area (Å²) >= 11 is 0. The predicted octanol–water partition coefficient (Wildman–Crippen LogP) is 1.51. The Morgan fingerprint density at radius 2 is 2.00 bits per heavy atom. The Balaban J connectivity index is 2.64.